The van der Waals surface area contributed by atoms with Crippen LogP contribution in [0.2, 0.25) is 0 Å². The van der Waals surface area contributed by atoms with E-state index in [2.05, 4.69) is 15.0 Å². The van der Waals surface area contributed by atoms with Crippen LogP contribution in [0.25, 0.3) is 22.4 Å². The Bertz CT molecular complexity index is 737. The Morgan fingerprint density at radius 3 is 2.68 bits per heavy atom. The van der Waals surface area contributed by atoms with Gasteiger partial charge in [-0.25, -0.2) is 15.0 Å². The number of rotatable bonds is 2. The summed E-state index contributed by atoms with van der Waals surface area (Å²) in [5.41, 5.74) is 9.10. The molecule has 4 heteroatoms. The zero-order valence-corrected chi connectivity index (χ0v) is 10.7. The SMILES string of the molecule is Cc1cc(CN)nc(-c2ccc3ccccc3n2)n1. The minimum absolute atomic E-state index is 0.407. The van der Waals surface area contributed by atoms with Crippen molar-refractivity contribution in [1.82, 2.24) is 15.0 Å². The Kier molecular flexibility index (Phi) is 2.93. The molecule has 0 spiro atoms. The van der Waals surface area contributed by atoms with Gasteiger partial charge in [-0.05, 0) is 25.1 Å². The van der Waals surface area contributed by atoms with Crippen molar-refractivity contribution in [1.29, 1.82) is 0 Å². The summed E-state index contributed by atoms with van der Waals surface area (Å²) in [5, 5.41) is 1.11. The highest BCUT2D eigenvalue weighted by Crippen LogP contribution is 2.18. The number of fused-ring (bicyclic) bond motifs is 1. The lowest BCUT2D eigenvalue weighted by Crippen LogP contribution is -2.04. The fraction of sp³-hybridized carbons (Fsp3) is 0.133. The van der Waals surface area contributed by atoms with Gasteiger partial charge in [0, 0.05) is 17.6 Å². The molecule has 3 aromatic rings. The standard InChI is InChI=1S/C15H14N4/c1-10-8-12(9-16)18-15(17-10)14-7-6-11-4-2-3-5-13(11)19-14/h2-8H,9,16H2,1H3. The third-order valence-electron chi connectivity index (χ3n) is 2.94. The predicted molar refractivity (Wildman–Crippen MR) is 75.4 cm³/mol. The molecule has 0 fully saturated rings. The van der Waals surface area contributed by atoms with Crippen molar-refractivity contribution in [3.05, 3.63) is 53.9 Å². The zero-order valence-electron chi connectivity index (χ0n) is 10.7. The molecule has 2 heterocycles. The van der Waals surface area contributed by atoms with Crippen molar-refractivity contribution in [2.24, 2.45) is 5.73 Å². The summed E-state index contributed by atoms with van der Waals surface area (Å²) in [6.07, 6.45) is 0. The molecule has 0 unspecified atom stereocenters. The summed E-state index contributed by atoms with van der Waals surface area (Å²) in [5.74, 6) is 0.631. The monoisotopic (exact) mass is 250 g/mol. The summed E-state index contributed by atoms with van der Waals surface area (Å²) >= 11 is 0. The van der Waals surface area contributed by atoms with Gasteiger partial charge in [0.05, 0.1) is 11.2 Å². The van der Waals surface area contributed by atoms with Gasteiger partial charge in [-0.2, -0.15) is 0 Å². The molecule has 0 aliphatic heterocycles. The molecule has 3 rings (SSSR count). The molecule has 2 N–H and O–H groups in total. The van der Waals surface area contributed by atoms with Crippen molar-refractivity contribution >= 4 is 10.9 Å². The average molecular weight is 250 g/mol. The van der Waals surface area contributed by atoms with Crippen molar-refractivity contribution in [2.75, 3.05) is 0 Å². The van der Waals surface area contributed by atoms with E-state index >= 15 is 0 Å². The first-order valence-corrected chi connectivity index (χ1v) is 6.17. The number of hydrogen-bond acceptors (Lipinski definition) is 4. The van der Waals surface area contributed by atoms with E-state index in [1.54, 1.807) is 0 Å². The number of aromatic nitrogens is 3. The normalized spacial score (nSPS) is 10.8. The lowest BCUT2D eigenvalue weighted by molar-refractivity contribution is 0.949. The van der Waals surface area contributed by atoms with Gasteiger partial charge >= 0.3 is 0 Å². The highest BCUT2D eigenvalue weighted by Gasteiger charge is 2.06. The predicted octanol–water partition coefficient (Wildman–Crippen LogP) is 2.46. The summed E-state index contributed by atoms with van der Waals surface area (Å²) in [4.78, 5) is 13.5. The Balaban J connectivity index is 2.15. The Morgan fingerprint density at radius 1 is 1.00 bits per heavy atom. The molecule has 0 aliphatic carbocycles. The Morgan fingerprint density at radius 2 is 1.84 bits per heavy atom. The fourth-order valence-electron chi connectivity index (χ4n) is 2.04. The van der Waals surface area contributed by atoms with Crippen LogP contribution >= 0.6 is 0 Å². The highest BCUT2D eigenvalue weighted by molar-refractivity contribution is 5.80. The third kappa shape index (κ3) is 2.30. The van der Waals surface area contributed by atoms with Crippen LogP contribution in [0.5, 0.6) is 0 Å². The number of pyridine rings is 1. The van der Waals surface area contributed by atoms with E-state index in [1.807, 2.05) is 49.4 Å². The topological polar surface area (TPSA) is 64.7 Å². The lowest BCUT2D eigenvalue weighted by Gasteiger charge is -2.05. The number of aryl methyl sites for hydroxylation is 1. The number of nitrogens with zero attached hydrogens (tertiary/aromatic N) is 3. The first-order chi connectivity index (χ1) is 9.26. The van der Waals surface area contributed by atoms with Gasteiger partial charge in [0.1, 0.15) is 5.69 Å². The van der Waals surface area contributed by atoms with Crippen LogP contribution in [0, 0.1) is 6.92 Å². The maximum Gasteiger partial charge on any atom is 0.178 e. The van der Waals surface area contributed by atoms with Crippen LogP contribution in [-0.4, -0.2) is 15.0 Å². The molecule has 0 aliphatic rings. The molecule has 0 bridgehead atoms. The van der Waals surface area contributed by atoms with E-state index in [9.17, 15) is 0 Å². The number of benzene rings is 1. The maximum absolute atomic E-state index is 5.65. The minimum atomic E-state index is 0.407. The van der Waals surface area contributed by atoms with Crippen LogP contribution < -0.4 is 5.73 Å². The van der Waals surface area contributed by atoms with E-state index in [1.165, 1.54) is 0 Å². The van der Waals surface area contributed by atoms with E-state index in [0.29, 0.717) is 12.4 Å². The third-order valence-corrected chi connectivity index (χ3v) is 2.94. The van der Waals surface area contributed by atoms with E-state index in [-0.39, 0.29) is 0 Å². The molecular weight excluding hydrogens is 236 g/mol. The molecule has 4 nitrogen and oxygen atoms in total. The number of para-hydroxylation sites is 1. The quantitative estimate of drug-likeness (QED) is 0.758. The fourth-order valence-corrected chi connectivity index (χ4v) is 2.04. The molecule has 0 amide bonds. The first-order valence-electron chi connectivity index (χ1n) is 6.17. The van der Waals surface area contributed by atoms with Crippen LogP contribution in [0.15, 0.2) is 42.5 Å². The molecular formula is C15H14N4. The zero-order chi connectivity index (χ0) is 13.2. The maximum atomic E-state index is 5.65. The second kappa shape index (κ2) is 4.74. The van der Waals surface area contributed by atoms with Crippen molar-refractivity contribution in [2.45, 2.75) is 13.5 Å². The minimum Gasteiger partial charge on any atom is -0.325 e. The van der Waals surface area contributed by atoms with Crippen molar-refractivity contribution in [3.63, 3.8) is 0 Å². The first kappa shape index (κ1) is 11.7. The molecule has 0 saturated heterocycles. The van der Waals surface area contributed by atoms with Gasteiger partial charge in [-0.3, -0.25) is 0 Å². The molecule has 0 atom stereocenters. The summed E-state index contributed by atoms with van der Waals surface area (Å²) in [7, 11) is 0. The van der Waals surface area contributed by atoms with Crippen LogP contribution in [0.3, 0.4) is 0 Å². The number of nitrogens with two attached hydrogens (primary N) is 1. The van der Waals surface area contributed by atoms with Crippen LogP contribution in [0.1, 0.15) is 11.4 Å². The van der Waals surface area contributed by atoms with Crippen LogP contribution in [-0.2, 0) is 6.54 Å². The van der Waals surface area contributed by atoms with E-state index < -0.39 is 0 Å². The second-order valence-corrected chi connectivity index (χ2v) is 4.42. The molecule has 0 saturated carbocycles. The molecule has 0 radical (unpaired) electrons. The van der Waals surface area contributed by atoms with Crippen LogP contribution in [0.4, 0.5) is 0 Å². The Labute approximate surface area is 111 Å². The number of hydrogen-bond donors (Lipinski definition) is 1. The van der Waals surface area contributed by atoms with E-state index in [0.717, 1.165) is 28.0 Å². The Hall–Kier alpha value is -2.33. The molecule has 19 heavy (non-hydrogen) atoms. The van der Waals surface area contributed by atoms with Gasteiger partial charge in [0.15, 0.2) is 5.82 Å². The average Bonchev–Trinajstić information content (AvgIpc) is 2.46. The molecule has 1 aromatic carbocycles. The molecule has 2 aromatic heterocycles. The van der Waals surface area contributed by atoms with Crippen molar-refractivity contribution in [3.8, 4) is 11.5 Å². The van der Waals surface area contributed by atoms with E-state index in [4.69, 9.17) is 5.73 Å². The van der Waals surface area contributed by atoms with Gasteiger partial charge in [0.25, 0.3) is 0 Å². The summed E-state index contributed by atoms with van der Waals surface area (Å²) < 4.78 is 0. The molecule has 94 valence electrons. The smallest absolute Gasteiger partial charge is 0.178 e. The largest absolute Gasteiger partial charge is 0.325 e. The van der Waals surface area contributed by atoms with Gasteiger partial charge in [-0.15, -0.1) is 0 Å². The van der Waals surface area contributed by atoms with Gasteiger partial charge in [-0.1, -0.05) is 24.3 Å². The second-order valence-electron chi connectivity index (χ2n) is 4.42. The van der Waals surface area contributed by atoms with Gasteiger partial charge in [0.2, 0.25) is 0 Å². The highest BCUT2D eigenvalue weighted by atomic mass is 14.9. The summed E-state index contributed by atoms with van der Waals surface area (Å²) in [6, 6.07) is 13.9. The van der Waals surface area contributed by atoms with Gasteiger partial charge < -0.3 is 5.73 Å². The summed E-state index contributed by atoms with van der Waals surface area (Å²) in [6.45, 7) is 2.34. The van der Waals surface area contributed by atoms with Crippen molar-refractivity contribution < 1.29 is 0 Å². The lowest BCUT2D eigenvalue weighted by atomic mass is 10.2.